The number of carbonyl (C=O) groups is 1. The zero-order chi connectivity index (χ0) is 14.5. The number of piperazine rings is 1. The maximum Gasteiger partial charge on any atom is 0.263 e. The number of likely N-dealkylation sites (N-methyl/N-ethyl adjacent to an activating group) is 1. The molecule has 1 aromatic rings. The van der Waals surface area contributed by atoms with Gasteiger partial charge in [-0.05, 0) is 37.7 Å². The molecule has 1 saturated heterocycles. The summed E-state index contributed by atoms with van der Waals surface area (Å²) in [6.45, 7) is 8.50. The second kappa shape index (κ2) is 7.09. The normalized spacial score (nSPS) is 17.9. The molecule has 110 valence electrons. The minimum atomic E-state index is -0.440. The number of nitrogens with zero attached hydrogens (tertiary/aromatic N) is 2. The highest BCUT2D eigenvalue weighted by molar-refractivity contribution is 9.10. The molecule has 0 radical (unpaired) electrons. The summed E-state index contributed by atoms with van der Waals surface area (Å²) in [5.41, 5.74) is 0. The van der Waals surface area contributed by atoms with Gasteiger partial charge in [-0.3, -0.25) is 4.79 Å². The number of carbonyl (C=O) groups excluding carboxylic acids is 1. The molecule has 0 unspecified atom stereocenters. The number of hydrogen-bond acceptors (Lipinski definition) is 3. The average molecular weight is 341 g/mol. The third-order valence-electron chi connectivity index (χ3n) is 3.61. The van der Waals surface area contributed by atoms with E-state index in [-0.39, 0.29) is 5.91 Å². The van der Waals surface area contributed by atoms with E-state index in [2.05, 4.69) is 27.8 Å². The van der Waals surface area contributed by atoms with Crippen molar-refractivity contribution in [1.82, 2.24) is 9.80 Å². The zero-order valence-corrected chi connectivity index (χ0v) is 13.6. The molecular weight excluding hydrogens is 320 g/mol. The fourth-order valence-corrected chi connectivity index (χ4v) is 2.57. The van der Waals surface area contributed by atoms with Crippen LogP contribution in [0.1, 0.15) is 13.8 Å². The highest BCUT2D eigenvalue weighted by Gasteiger charge is 2.25. The molecule has 4 nitrogen and oxygen atoms in total. The highest BCUT2D eigenvalue weighted by atomic mass is 79.9. The Bertz CT molecular complexity index is 442. The van der Waals surface area contributed by atoms with Crippen molar-refractivity contribution < 1.29 is 9.53 Å². The third kappa shape index (κ3) is 3.96. The van der Waals surface area contributed by atoms with Crippen molar-refractivity contribution in [1.29, 1.82) is 0 Å². The summed E-state index contributed by atoms with van der Waals surface area (Å²) in [6, 6.07) is 7.55. The van der Waals surface area contributed by atoms with Gasteiger partial charge in [-0.2, -0.15) is 0 Å². The molecule has 2 rings (SSSR count). The van der Waals surface area contributed by atoms with Gasteiger partial charge in [0.2, 0.25) is 0 Å². The summed E-state index contributed by atoms with van der Waals surface area (Å²) in [7, 11) is 0. The van der Waals surface area contributed by atoms with Crippen LogP contribution in [-0.4, -0.2) is 54.5 Å². The van der Waals surface area contributed by atoms with Crippen molar-refractivity contribution in [2.24, 2.45) is 0 Å². The molecule has 0 spiro atoms. The minimum Gasteiger partial charge on any atom is -0.481 e. The lowest BCUT2D eigenvalue weighted by Gasteiger charge is -2.35. The first-order valence-electron chi connectivity index (χ1n) is 7.03. The van der Waals surface area contributed by atoms with E-state index in [1.807, 2.05) is 36.1 Å². The average Bonchev–Trinajstić information content (AvgIpc) is 2.49. The molecule has 1 atom stereocenters. The first kappa shape index (κ1) is 15.3. The number of ether oxygens (including phenoxy) is 1. The van der Waals surface area contributed by atoms with Crippen LogP contribution in [0.5, 0.6) is 5.75 Å². The molecule has 1 aliphatic heterocycles. The molecule has 0 aromatic heterocycles. The van der Waals surface area contributed by atoms with E-state index in [1.54, 1.807) is 0 Å². The van der Waals surface area contributed by atoms with Crippen LogP contribution in [0.25, 0.3) is 0 Å². The Labute approximate surface area is 128 Å². The summed E-state index contributed by atoms with van der Waals surface area (Å²) in [5.74, 6) is 0.796. The Balaban J connectivity index is 1.87. The number of amides is 1. The quantitative estimate of drug-likeness (QED) is 0.843. The highest BCUT2D eigenvalue weighted by Crippen LogP contribution is 2.18. The van der Waals surface area contributed by atoms with Crippen molar-refractivity contribution in [3.63, 3.8) is 0 Å². The third-order valence-corrected chi connectivity index (χ3v) is 4.13. The molecule has 1 fully saturated rings. The van der Waals surface area contributed by atoms with Crippen LogP contribution in [0.2, 0.25) is 0 Å². The largest absolute Gasteiger partial charge is 0.481 e. The van der Waals surface area contributed by atoms with Crippen molar-refractivity contribution in [3.8, 4) is 5.75 Å². The Morgan fingerprint density at radius 1 is 1.25 bits per heavy atom. The maximum atomic E-state index is 12.3. The minimum absolute atomic E-state index is 0.0728. The van der Waals surface area contributed by atoms with Crippen molar-refractivity contribution in [2.75, 3.05) is 32.7 Å². The Morgan fingerprint density at radius 3 is 2.40 bits per heavy atom. The maximum absolute atomic E-state index is 12.3. The molecule has 0 bridgehead atoms. The lowest BCUT2D eigenvalue weighted by atomic mass is 10.2. The smallest absolute Gasteiger partial charge is 0.263 e. The molecule has 1 amide bonds. The fourth-order valence-electron chi connectivity index (χ4n) is 2.31. The van der Waals surface area contributed by atoms with Crippen LogP contribution >= 0.6 is 15.9 Å². The number of halogens is 1. The molecule has 5 heteroatoms. The fraction of sp³-hybridized carbons (Fsp3) is 0.533. The van der Waals surface area contributed by atoms with Crippen molar-refractivity contribution in [2.45, 2.75) is 20.0 Å². The standard InChI is InChI=1S/C15H21BrN2O2/c1-3-17-8-10-18(11-9-17)15(19)12(2)20-14-6-4-13(16)5-7-14/h4-7,12H,3,8-11H2,1-2H3/t12-/m0/s1. The van der Waals surface area contributed by atoms with Crippen LogP contribution in [0.15, 0.2) is 28.7 Å². The molecule has 20 heavy (non-hydrogen) atoms. The van der Waals surface area contributed by atoms with E-state index >= 15 is 0 Å². The van der Waals surface area contributed by atoms with E-state index in [1.165, 1.54) is 0 Å². The summed E-state index contributed by atoms with van der Waals surface area (Å²) < 4.78 is 6.71. The SMILES string of the molecule is CCN1CCN(C(=O)[C@H](C)Oc2ccc(Br)cc2)CC1. The van der Waals surface area contributed by atoms with Crippen LogP contribution in [0.4, 0.5) is 0 Å². The topological polar surface area (TPSA) is 32.8 Å². The van der Waals surface area contributed by atoms with Gasteiger partial charge in [-0.1, -0.05) is 22.9 Å². The van der Waals surface area contributed by atoms with Gasteiger partial charge in [0, 0.05) is 30.7 Å². The van der Waals surface area contributed by atoms with E-state index in [0.717, 1.165) is 42.9 Å². The number of benzene rings is 1. The molecular formula is C15H21BrN2O2. The predicted molar refractivity (Wildman–Crippen MR) is 82.9 cm³/mol. The Morgan fingerprint density at radius 2 is 1.85 bits per heavy atom. The summed E-state index contributed by atoms with van der Waals surface area (Å²) >= 11 is 3.38. The molecule has 0 aliphatic carbocycles. The zero-order valence-electron chi connectivity index (χ0n) is 12.0. The van der Waals surface area contributed by atoms with Gasteiger partial charge in [0.05, 0.1) is 0 Å². The van der Waals surface area contributed by atoms with E-state index in [4.69, 9.17) is 4.74 Å². The Kier molecular flexibility index (Phi) is 5.43. The van der Waals surface area contributed by atoms with Crippen molar-refractivity contribution in [3.05, 3.63) is 28.7 Å². The monoisotopic (exact) mass is 340 g/mol. The van der Waals surface area contributed by atoms with Gasteiger partial charge in [-0.25, -0.2) is 0 Å². The van der Waals surface area contributed by atoms with Crippen LogP contribution in [0, 0.1) is 0 Å². The molecule has 0 N–H and O–H groups in total. The first-order chi connectivity index (χ1) is 9.60. The van der Waals surface area contributed by atoms with Gasteiger partial charge in [-0.15, -0.1) is 0 Å². The van der Waals surface area contributed by atoms with Gasteiger partial charge >= 0.3 is 0 Å². The van der Waals surface area contributed by atoms with Gasteiger partial charge in [0.25, 0.3) is 5.91 Å². The predicted octanol–water partition coefficient (Wildman–Crippen LogP) is 2.38. The lowest BCUT2D eigenvalue weighted by Crippen LogP contribution is -2.51. The second-order valence-electron chi connectivity index (χ2n) is 4.97. The van der Waals surface area contributed by atoms with Crippen LogP contribution in [0.3, 0.4) is 0 Å². The lowest BCUT2D eigenvalue weighted by molar-refractivity contribution is -0.139. The van der Waals surface area contributed by atoms with Crippen LogP contribution in [-0.2, 0) is 4.79 Å². The number of rotatable bonds is 4. The van der Waals surface area contributed by atoms with Gasteiger partial charge in [0.1, 0.15) is 5.75 Å². The molecule has 0 saturated carbocycles. The Hall–Kier alpha value is -1.07. The summed E-state index contributed by atoms with van der Waals surface area (Å²) in [6.07, 6.45) is -0.440. The van der Waals surface area contributed by atoms with Crippen LogP contribution < -0.4 is 4.74 Å². The van der Waals surface area contributed by atoms with Gasteiger partial charge in [0.15, 0.2) is 6.10 Å². The van der Waals surface area contributed by atoms with Crippen molar-refractivity contribution >= 4 is 21.8 Å². The van der Waals surface area contributed by atoms with E-state index < -0.39 is 6.10 Å². The number of hydrogen-bond donors (Lipinski definition) is 0. The first-order valence-corrected chi connectivity index (χ1v) is 7.83. The van der Waals surface area contributed by atoms with Gasteiger partial charge < -0.3 is 14.5 Å². The summed E-state index contributed by atoms with van der Waals surface area (Å²) in [4.78, 5) is 16.6. The van der Waals surface area contributed by atoms with E-state index in [9.17, 15) is 4.79 Å². The van der Waals surface area contributed by atoms with E-state index in [0.29, 0.717) is 0 Å². The summed E-state index contributed by atoms with van der Waals surface area (Å²) in [5, 5.41) is 0. The molecule has 1 aliphatic rings. The molecule has 1 heterocycles. The second-order valence-corrected chi connectivity index (χ2v) is 5.89. The molecule has 1 aromatic carbocycles.